The number of aryl methyl sites for hydroxylation is 1. The SMILES string of the molecule is CN=C(NCc1nncn1C)NC1CC(C)(C)Oc2ccccc21. The number of benzene rings is 1. The van der Waals surface area contributed by atoms with E-state index in [0.29, 0.717) is 6.54 Å². The Morgan fingerprint density at radius 3 is 2.92 bits per heavy atom. The zero-order chi connectivity index (χ0) is 17.2. The minimum absolute atomic E-state index is 0.135. The Bertz CT molecular complexity index is 736. The molecule has 0 saturated carbocycles. The second-order valence-electron chi connectivity index (χ2n) is 6.58. The van der Waals surface area contributed by atoms with Crippen LogP contribution in [0.1, 0.15) is 37.7 Å². The maximum atomic E-state index is 6.08. The number of guanidine groups is 1. The predicted octanol–water partition coefficient (Wildman–Crippen LogP) is 1.78. The van der Waals surface area contributed by atoms with Crippen LogP contribution in [0.4, 0.5) is 0 Å². The maximum absolute atomic E-state index is 6.08. The average Bonchev–Trinajstić information content (AvgIpc) is 2.95. The second kappa shape index (κ2) is 6.51. The lowest BCUT2D eigenvalue weighted by atomic mass is 9.90. The molecule has 0 amide bonds. The fourth-order valence-corrected chi connectivity index (χ4v) is 2.92. The summed E-state index contributed by atoms with van der Waals surface area (Å²) < 4.78 is 7.96. The minimum Gasteiger partial charge on any atom is -0.487 e. The van der Waals surface area contributed by atoms with Gasteiger partial charge in [0.15, 0.2) is 11.8 Å². The molecule has 0 spiro atoms. The van der Waals surface area contributed by atoms with Crippen molar-refractivity contribution in [3.8, 4) is 5.75 Å². The summed E-state index contributed by atoms with van der Waals surface area (Å²) in [5.74, 6) is 2.51. The highest BCUT2D eigenvalue weighted by Crippen LogP contribution is 2.39. The van der Waals surface area contributed by atoms with Gasteiger partial charge in [-0.3, -0.25) is 4.99 Å². The first-order chi connectivity index (χ1) is 11.5. The molecule has 1 aliphatic heterocycles. The molecule has 7 heteroatoms. The van der Waals surface area contributed by atoms with Crippen molar-refractivity contribution in [2.45, 2.75) is 38.5 Å². The minimum atomic E-state index is -0.228. The Hall–Kier alpha value is -2.57. The van der Waals surface area contributed by atoms with E-state index in [1.165, 1.54) is 0 Å². The molecule has 1 aromatic carbocycles. The lowest BCUT2D eigenvalue weighted by Gasteiger charge is -2.38. The molecule has 2 heterocycles. The molecule has 0 bridgehead atoms. The molecule has 1 atom stereocenters. The summed E-state index contributed by atoms with van der Waals surface area (Å²) in [7, 11) is 3.69. The quantitative estimate of drug-likeness (QED) is 0.663. The van der Waals surface area contributed by atoms with Crippen LogP contribution in [0.3, 0.4) is 0 Å². The molecular weight excluding hydrogens is 304 g/mol. The number of nitrogens with zero attached hydrogens (tertiary/aromatic N) is 4. The number of hydrogen-bond donors (Lipinski definition) is 2. The molecule has 2 aromatic rings. The van der Waals surface area contributed by atoms with E-state index in [0.717, 1.165) is 29.5 Å². The molecule has 2 N–H and O–H groups in total. The van der Waals surface area contributed by atoms with E-state index in [2.05, 4.69) is 45.7 Å². The van der Waals surface area contributed by atoms with Crippen molar-refractivity contribution in [2.75, 3.05) is 7.05 Å². The van der Waals surface area contributed by atoms with Crippen LogP contribution in [0.2, 0.25) is 0 Å². The first kappa shape index (κ1) is 16.3. The predicted molar refractivity (Wildman–Crippen MR) is 92.8 cm³/mol. The highest BCUT2D eigenvalue weighted by Gasteiger charge is 2.33. The summed E-state index contributed by atoms with van der Waals surface area (Å²) >= 11 is 0. The zero-order valence-corrected chi connectivity index (χ0v) is 14.6. The van der Waals surface area contributed by atoms with Gasteiger partial charge in [-0.1, -0.05) is 18.2 Å². The van der Waals surface area contributed by atoms with Crippen molar-refractivity contribution >= 4 is 5.96 Å². The molecule has 7 nitrogen and oxygen atoms in total. The molecule has 3 rings (SSSR count). The van der Waals surface area contributed by atoms with E-state index in [1.54, 1.807) is 13.4 Å². The fraction of sp³-hybridized carbons (Fsp3) is 0.471. The molecule has 128 valence electrons. The normalized spacial score (nSPS) is 19.3. The second-order valence-corrected chi connectivity index (χ2v) is 6.58. The van der Waals surface area contributed by atoms with Crippen molar-refractivity contribution in [1.82, 2.24) is 25.4 Å². The molecule has 0 radical (unpaired) electrons. The van der Waals surface area contributed by atoms with Crippen LogP contribution in [-0.4, -0.2) is 33.4 Å². The summed E-state index contributed by atoms with van der Waals surface area (Å²) in [5, 5.41) is 14.8. The van der Waals surface area contributed by atoms with Crippen LogP contribution >= 0.6 is 0 Å². The van der Waals surface area contributed by atoms with Gasteiger partial charge in [-0.15, -0.1) is 10.2 Å². The number of nitrogens with one attached hydrogen (secondary N) is 2. The smallest absolute Gasteiger partial charge is 0.191 e. The standard InChI is InChI=1S/C17H24N6O/c1-17(2)9-13(12-7-5-6-8-14(12)24-17)21-16(18-3)19-10-15-22-20-11-23(15)4/h5-8,11,13H,9-10H2,1-4H3,(H2,18,19,21). The van der Waals surface area contributed by atoms with E-state index in [1.807, 2.05) is 29.8 Å². The molecule has 24 heavy (non-hydrogen) atoms. The summed E-state index contributed by atoms with van der Waals surface area (Å²) in [6.07, 6.45) is 2.54. The molecule has 0 saturated heterocycles. The Morgan fingerprint density at radius 1 is 1.42 bits per heavy atom. The van der Waals surface area contributed by atoms with Crippen LogP contribution < -0.4 is 15.4 Å². The Balaban J connectivity index is 1.72. The molecule has 1 aromatic heterocycles. The van der Waals surface area contributed by atoms with Gasteiger partial charge < -0.3 is 19.9 Å². The lowest BCUT2D eigenvalue weighted by molar-refractivity contribution is 0.0694. The number of fused-ring (bicyclic) bond motifs is 1. The van der Waals surface area contributed by atoms with Gasteiger partial charge in [0.1, 0.15) is 17.7 Å². The fourth-order valence-electron chi connectivity index (χ4n) is 2.92. The summed E-state index contributed by atoms with van der Waals surface area (Å²) in [4.78, 5) is 4.33. The van der Waals surface area contributed by atoms with Crippen molar-refractivity contribution < 1.29 is 4.74 Å². The van der Waals surface area contributed by atoms with Crippen molar-refractivity contribution in [1.29, 1.82) is 0 Å². The monoisotopic (exact) mass is 328 g/mol. The molecule has 1 aliphatic rings. The van der Waals surface area contributed by atoms with E-state index in [-0.39, 0.29) is 11.6 Å². The first-order valence-corrected chi connectivity index (χ1v) is 8.06. The molecule has 0 fully saturated rings. The van der Waals surface area contributed by atoms with E-state index in [9.17, 15) is 0 Å². The number of ether oxygens (including phenoxy) is 1. The van der Waals surface area contributed by atoms with E-state index in [4.69, 9.17) is 4.74 Å². The van der Waals surface area contributed by atoms with Gasteiger partial charge in [0.05, 0.1) is 12.6 Å². The van der Waals surface area contributed by atoms with Gasteiger partial charge in [-0.05, 0) is 19.9 Å². The van der Waals surface area contributed by atoms with E-state index >= 15 is 0 Å². The van der Waals surface area contributed by atoms with Crippen LogP contribution in [0.15, 0.2) is 35.6 Å². The third-order valence-corrected chi connectivity index (χ3v) is 4.13. The summed E-state index contributed by atoms with van der Waals surface area (Å²) in [5.41, 5.74) is 0.924. The maximum Gasteiger partial charge on any atom is 0.191 e. The van der Waals surface area contributed by atoms with Crippen LogP contribution in [0, 0.1) is 0 Å². The van der Waals surface area contributed by atoms with Crippen LogP contribution in [0.25, 0.3) is 0 Å². The Labute approximate surface area is 142 Å². The van der Waals surface area contributed by atoms with Crippen molar-refractivity contribution in [2.24, 2.45) is 12.0 Å². The lowest BCUT2D eigenvalue weighted by Crippen LogP contribution is -2.45. The van der Waals surface area contributed by atoms with Crippen molar-refractivity contribution in [3.05, 3.63) is 42.0 Å². The van der Waals surface area contributed by atoms with Gasteiger partial charge in [0, 0.05) is 26.1 Å². The summed E-state index contributed by atoms with van der Waals surface area (Å²) in [6, 6.07) is 8.28. The largest absolute Gasteiger partial charge is 0.487 e. The number of hydrogen-bond acceptors (Lipinski definition) is 4. The van der Waals surface area contributed by atoms with Gasteiger partial charge >= 0.3 is 0 Å². The van der Waals surface area contributed by atoms with Gasteiger partial charge in [-0.2, -0.15) is 0 Å². The number of rotatable bonds is 3. The number of aromatic nitrogens is 3. The van der Waals surface area contributed by atoms with Gasteiger partial charge in [0.2, 0.25) is 0 Å². The number of aliphatic imine (C=N–C) groups is 1. The average molecular weight is 328 g/mol. The van der Waals surface area contributed by atoms with Crippen molar-refractivity contribution in [3.63, 3.8) is 0 Å². The Morgan fingerprint density at radius 2 is 2.21 bits per heavy atom. The molecule has 0 aliphatic carbocycles. The summed E-state index contributed by atoms with van der Waals surface area (Å²) in [6.45, 7) is 4.77. The third-order valence-electron chi connectivity index (χ3n) is 4.13. The van der Waals surface area contributed by atoms with Gasteiger partial charge in [-0.25, -0.2) is 0 Å². The third kappa shape index (κ3) is 3.50. The van der Waals surface area contributed by atoms with Gasteiger partial charge in [0.25, 0.3) is 0 Å². The first-order valence-electron chi connectivity index (χ1n) is 8.06. The topological polar surface area (TPSA) is 76.4 Å². The van der Waals surface area contributed by atoms with E-state index < -0.39 is 0 Å². The van der Waals surface area contributed by atoms with Crippen LogP contribution in [-0.2, 0) is 13.6 Å². The molecule has 1 unspecified atom stereocenters. The van der Waals surface area contributed by atoms with Crippen LogP contribution in [0.5, 0.6) is 5.75 Å². The number of para-hydroxylation sites is 1. The highest BCUT2D eigenvalue weighted by molar-refractivity contribution is 5.80. The zero-order valence-electron chi connectivity index (χ0n) is 14.6. The molecular formula is C17H24N6O. The highest BCUT2D eigenvalue weighted by atomic mass is 16.5. The Kier molecular flexibility index (Phi) is 4.42.